The van der Waals surface area contributed by atoms with E-state index in [0.29, 0.717) is 24.5 Å². The van der Waals surface area contributed by atoms with Crippen molar-refractivity contribution in [2.75, 3.05) is 13.1 Å². The van der Waals surface area contributed by atoms with Crippen molar-refractivity contribution in [1.29, 1.82) is 0 Å². The first-order chi connectivity index (χ1) is 14.0. The Kier molecular flexibility index (Phi) is 5.24. The SMILES string of the molecule is Cc1ncc(CC(=O)N2CCC[C@H](c3[nH]ncc3-c3ccc(F)cc3)C2)c(=O)[nH]1. The van der Waals surface area contributed by atoms with Crippen LogP contribution in [0.3, 0.4) is 0 Å². The van der Waals surface area contributed by atoms with Crippen molar-refractivity contribution >= 4 is 5.91 Å². The number of rotatable bonds is 4. The number of aryl methyl sites for hydroxylation is 1. The molecule has 0 spiro atoms. The van der Waals surface area contributed by atoms with Crippen LogP contribution in [0.25, 0.3) is 11.1 Å². The van der Waals surface area contributed by atoms with Gasteiger partial charge in [-0.1, -0.05) is 12.1 Å². The highest BCUT2D eigenvalue weighted by Crippen LogP contribution is 2.33. The minimum atomic E-state index is -0.284. The number of piperidine rings is 1. The second kappa shape index (κ2) is 7.98. The van der Waals surface area contributed by atoms with E-state index in [-0.39, 0.29) is 29.6 Å². The van der Waals surface area contributed by atoms with Crippen LogP contribution in [0.4, 0.5) is 4.39 Å². The third-order valence-electron chi connectivity index (χ3n) is 5.35. The summed E-state index contributed by atoms with van der Waals surface area (Å²) in [5.74, 6) is 0.254. The highest BCUT2D eigenvalue weighted by atomic mass is 19.1. The number of aromatic amines is 2. The van der Waals surface area contributed by atoms with Crippen molar-refractivity contribution in [2.24, 2.45) is 0 Å². The zero-order valence-electron chi connectivity index (χ0n) is 16.1. The molecule has 7 nitrogen and oxygen atoms in total. The standard InChI is InChI=1S/C21H22FN5O2/c1-13-23-10-16(21(29)25-13)9-19(28)27-8-2-3-15(12-27)20-18(11-24-26-20)14-4-6-17(22)7-5-14/h4-7,10-11,15H,2-3,8-9,12H2,1H3,(H,24,26)(H,23,25,29)/t15-/m0/s1. The van der Waals surface area contributed by atoms with Gasteiger partial charge in [-0.05, 0) is 37.5 Å². The van der Waals surface area contributed by atoms with Crippen LogP contribution in [-0.2, 0) is 11.2 Å². The van der Waals surface area contributed by atoms with E-state index in [9.17, 15) is 14.0 Å². The molecule has 29 heavy (non-hydrogen) atoms. The topological polar surface area (TPSA) is 94.7 Å². The van der Waals surface area contributed by atoms with Crippen LogP contribution in [0.5, 0.6) is 0 Å². The molecule has 8 heteroatoms. The van der Waals surface area contributed by atoms with E-state index in [4.69, 9.17) is 0 Å². The van der Waals surface area contributed by atoms with E-state index in [2.05, 4.69) is 20.2 Å². The van der Waals surface area contributed by atoms with Gasteiger partial charge in [-0.25, -0.2) is 9.37 Å². The third-order valence-corrected chi connectivity index (χ3v) is 5.35. The zero-order chi connectivity index (χ0) is 20.4. The smallest absolute Gasteiger partial charge is 0.254 e. The molecule has 1 aliphatic heterocycles. The lowest BCUT2D eigenvalue weighted by atomic mass is 9.90. The molecule has 0 saturated carbocycles. The van der Waals surface area contributed by atoms with E-state index >= 15 is 0 Å². The number of nitrogens with one attached hydrogen (secondary N) is 2. The van der Waals surface area contributed by atoms with Crippen LogP contribution in [0.15, 0.2) is 41.5 Å². The van der Waals surface area contributed by atoms with Gasteiger partial charge in [0, 0.05) is 42.0 Å². The van der Waals surface area contributed by atoms with E-state index in [1.807, 2.05) is 0 Å². The monoisotopic (exact) mass is 395 g/mol. The fourth-order valence-corrected chi connectivity index (χ4v) is 3.82. The lowest BCUT2D eigenvalue weighted by Crippen LogP contribution is -2.40. The van der Waals surface area contributed by atoms with Gasteiger partial charge in [0.1, 0.15) is 11.6 Å². The van der Waals surface area contributed by atoms with Gasteiger partial charge < -0.3 is 9.88 Å². The number of halogens is 1. The number of aromatic nitrogens is 4. The molecule has 2 aromatic heterocycles. The van der Waals surface area contributed by atoms with E-state index < -0.39 is 0 Å². The summed E-state index contributed by atoms with van der Waals surface area (Å²) in [5.41, 5.74) is 2.85. The number of nitrogens with zero attached hydrogens (tertiary/aromatic N) is 3. The maximum absolute atomic E-state index is 13.3. The first kappa shape index (κ1) is 19.0. The van der Waals surface area contributed by atoms with Gasteiger partial charge in [0.05, 0.1) is 12.6 Å². The number of benzene rings is 1. The van der Waals surface area contributed by atoms with Crippen molar-refractivity contribution in [3.63, 3.8) is 0 Å². The summed E-state index contributed by atoms with van der Waals surface area (Å²) in [6.45, 7) is 2.91. The Morgan fingerprint density at radius 2 is 2.07 bits per heavy atom. The molecule has 4 rings (SSSR count). The fraction of sp³-hybridized carbons (Fsp3) is 0.333. The van der Waals surface area contributed by atoms with E-state index in [0.717, 1.165) is 29.7 Å². The molecule has 0 aliphatic carbocycles. The average Bonchev–Trinajstić information content (AvgIpc) is 3.20. The van der Waals surface area contributed by atoms with Gasteiger partial charge in [0.2, 0.25) is 5.91 Å². The predicted octanol–water partition coefficient (Wildman–Crippen LogP) is 2.56. The van der Waals surface area contributed by atoms with Gasteiger partial charge in [0.25, 0.3) is 5.56 Å². The molecule has 1 aliphatic rings. The summed E-state index contributed by atoms with van der Waals surface area (Å²) in [6, 6.07) is 6.31. The Bertz CT molecular complexity index is 1070. The summed E-state index contributed by atoms with van der Waals surface area (Å²) < 4.78 is 13.3. The Balaban J connectivity index is 1.50. The maximum atomic E-state index is 13.3. The number of carbonyl (C=O) groups is 1. The second-order valence-corrected chi connectivity index (χ2v) is 7.38. The highest BCUT2D eigenvalue weighted by molar-refractivity contribution is 5.79. The molecule has 1 amide bonds. The first-order valence-electron chi connectivity index (χ1n) is 9.63. The molecule has 2 N–H and O–H groups in total. The Hall–Kier alpha value is -3.29. The van der Waals surface area contributed by atoms with E-state index in [1.54, 1.807) is 30.2 Å². The summed E-state index contributed by atoms with van der Waals surface area (Å²) in [5, 5.41) is 7.24. The number of H-pyrrole nitrogens is 2. The predicted molar refractivity (Wildman–Crippen MR) is 106 cm³/mol. The molecule has 3 aromatic rings. The molecule has 1 aromatic carbocycles. The van der Waals surface area contributed by atoms with Gasteiger partial charge in [-0.3, -0.25) is 14.7 Å². The van der Waals surface area contributed by atoms with Crippen molar-refractivity contribution in [3.05, 3.63) is 69.9 Å². The molecular weight excluding hydrogens is 373 g/mol. The fourth-order valence-electron chi connectivity index (χ4n) is 3.82. The minimum Gasteiger partial charge on any atom is -0.342 e. The van der Waals surface area contributed by atoms with Crippen LogP contribution < -0.4 is 5.56 Å². The Labute approximate surface area is 167 Å². The summed E-state index contributed by atoms with van der Waals surface area (Å²) in [6.07, 6.45) is 5.02. The molecule has 0 unspecified atom stereocenters. The summed E-state index contributed by atoms with van der Waals surface area (Å²) in [7, 11) is 0. The van der Waals surface area contributed by atoms with Crippen LogP contribution in [0, 0.1) is 12.7 Å². The largest absolute Gasteiger partial charge is 0.342 e. The number of amides is 1. The van der Waals surface area contributed by atoms with Crippen molar-refractivity contribution in [1.82, 2.24) is 25.1 Å². The number of hydrogen-bond donors (Lipinski definition) is 2. The molecule has 150 valence electrons. The Morgan fingerprint density at radius 1 is 1.28 bits per heavy atom. The van der Waals surface area contributed by atoms with Gasteiger partial charge >= 0.3 is 0 Å². The quantitative estimate of drug-likeness (QED) is 0.710. The molecule has 0 bridgehead atoms. The van der Waals surface area contributed by atoms with Crippen molar-refractivity contribution < 1.29 is 9.18 Å². The van der Waals surface area contributed by atoms with Crippen LogP contribution in [-0.4, -0.2) is 44.1 Å². The lowest BCUT2D eigenvalue weighted by molar-refractivity contribution is -0.131. The van der Waals surface area contributed by atoms with Crippen molar-refractivity contribution in [3.8, 4) is 11.1 Å². The first-order valence-corrected chi connectivity index (χ1v) is 9.63. The van der Waals surface area contributed by atoms with Crippen LogP contribution >= 0.6 is 0 Å². The van der Waals surface area contributed by atoms with E-state index in [1.165, 1.54) is 18.3 Å². The van der Waals surface area contributed by atoms with Crippen LogP contribution in [0.2, 0.25) is 0 Å². The van der Waals surface area contributed by atoms with Gasteiger partial charge in [0.15, 0.2) is 0 Å². The molecule has 0 radical (unpaired) electrons. The van der Waals surface area contributed by atoms with Crippen molar-refractivity contribution in [2.45, 2.75) is 32.1 Å². The number of hydrogen-bond acceptors (Lipinski definition) is 4. The third kappa shape index (κ3) is 4.11. The number of likely N-dealkylation sites (tertiary alicyclic amines) is 1. The summed E-state index contributed by atoms with van der Waals surface area (Å²) >= 11 is 0. The highest BCUT2D eigenvalue weighted by Gasteiger charge is 2.28. The summed E-state index contributed by atoms with van der Waals surface area (Å²) in [4.78, 5) is 33.3. The molecule has 1 saturated heterocycles. The average molecular weight is 395 g/mol. The van der Waals surface area contributed by atoms with Gasteiger partial charge in [-0.15, -0.1) is 0 Å². The molecule has 1 fully saturated rings. The normalized spacial score (nSPS) is 16.8. The maximum Gasteiger partial charge on any atom is 0.254 e. The second-order valence-electron chi connectivity index (χ2n) is 7.38. The molecule has 3 heterocycles. The van der Waals surface area contributed by atoms with Crippen LogP contribution in [0.1, 0.15) is 35.8 Å². The van der Waals surface area contributed by atoms with Gasteiger partial charge in [-0.2, -0.15) is 5.10 Å². The molecule has 1 atom stereocenters. The number of carbonyl (C=O) groups excluding carboxylic acids is 1. The lowest BCUT2D eigenvalue weighted by Gasteiger charge is -2.32. The minimum absolute atomic E-state index is 0.0309. The zero-order valence-corrected chi connectivity index (χ0v) is 16.1. The Morgan fingerprint density at radius 3 is 2.83 bits per heavy atom. The molecular formula is C21H22FN5O2.